The van der Waals surface area contributed by atoms with Crippen molar-refractivity contribution in [1.82, 2.24) is 0 Å². The molecule has 0 heterocycles. The molecule has 128 valence electrons. The number of nitriles is 1. The van der Waals surface area contributed by atoms with Gasteiger partial charge in [0.2, 0.25) is 0 Å². The lowest BCUT2D eigenvalue weighted by Gasteiger charge is -2.11. The van der Waals surface area contributed by atoms with E-state index in [0.29, 0.717) is 12.0 Å². The largest absolute Gasteiger partial charge is 0.478 e. The van der Waals surface area contributed by atoms with Crippen molar-refractivity contribution in [3.05, 3.63) is 94.5 Å². The van der Waals surface area contributed by atoms with Gasteiger partial charge in [0.05, 0.1) is 23.8 Å². The number of aliphatic hydroxyl groups is 1. The van der Waals surface area contributed by atoms with Crippen molar-refractivity contribution in [2.75, 3.05) is 0 Å². The molecular weight excluding hydrogens is 326 g/mol. The monoisotopic (exact) mass is 343 g/mol. The Morgan fingerprint density at radius 2 is 1.69 bits per heavy atom. The van der Waals surface area contributed by atoms with E-state index in [1.54, 1.807) is 30.3 Å². The number of carboxylic acids is 1. The molecule has 26 heavy (non-hydrogen) atoms. The van der Waals surface area contributed by atoms with E-state index in [9.17, 15) is 15.0 Å². The highest BCUT2D eigenvalue weighted by Gasteiger charge is 2.11. The molecule has 3 aromatic carbocycles. The van der Waals surface area contributed by atoms with E-state index in [4.69, 9.17) is 5.26 Å². The van der Waals surface area contributed by atoms with Gasteiger partial charge in [-0.25, -0.2) is 4.79 Å². The van der Waals surface area contributed by atoms with Crippen molar-refractivity contribution in [1.29, 1.82) is 5.26 Å². The Labute approximate surface area is 151 Å². The lowest BCUT2D eigenvalue weighted by Crippen LogP contribution is -2.01. The van der Waals surface area contributed by atoms with Gasteiger partial charge in [-0.3, -0.25) is 0 Å². The maximum absolute atomic E-state index is 11.5. The summed E-state index contributed by atoms with van der Waals surface area (Å²) in [6, 6.07) is 21.9. The normalized spacial score (nSPS) is 10.3. The summed E-state index contributed by atoms with van der Waals surface area (Å²) in [6.45, 7) is -0.0636. The van der Waals surface area contributed by atoms with Crippen molar-refractivity contribution in [3.8, 4) is 17.2 Å². The molecule has 4 nitrogen and oxygen atoms in total. The second-order valence-corrected chi connectivity index (χ2v) is 6.02. The summed E-state index contributed by atoms with van der Waals surface area (Å²) in [5.74, 6) is -1.00. The molecule has 0 aromatic heterocycles. The van der Waals surface area contributed by atoms with Crippen molar-refractivity contribution in [2.24, 2.45) is 0 Å². The fourth-order valence-corrected chi connectivity index (χ4v) is 2.96. The van der Waals surface area contributed by atoms with Gasteiger partial charge in [-0.05, 0) is 58.5 Å². The molecule has 4 heteroatoms. The van der Waals surface area contributed by atoms with E-state index in [-0.39, 0.29) is 12.2 Å². The molecule has 0 bridgehead atoms. The van der Waals surface area contributed by atoms with E-state index < -0.39 is 5.97 Å². The lowest BCUT2D eigenvalue weighted by atomic mass is 9.94. The lowest BCUT2D eigenvalue weighted by molar-refractivity contribution is 0.0697. The Morgan fingerprint density at radius 3 is 2.38 bits per heavy atom. The highest BCUT2D eigenvalue weighted by atomic mass is 16.4. The Morgan fingerprint density at radius 1 is 0.923 bits per heavy atom. The van der Waals surface area contributed by atoms with E-state index in [0.717, 1.165) is 27.8 Å². The Hall–Kier alpha value is -3.42. The van der Waals surface area contributed by atoms with Gasteiger partial charge in [0.25, 0.3) is 0 Å². The van der Waals surface area contributed by atoms with Crippen LogP contribution < -0.4 is 0 Å². The van der Waals surface area contributed by atoms with Crippen molar-refractivity contribution < 1.29 is 15.0 Å². The van der Waals surface area contributed by atoms with Crippen molar-refractivity contribution >= 4 is 5.97 Å². The first kappa shape index (κ1) is 17.4. The molecule has 0 aliphatic heterocycles. The van der Waals surface area contributed by atoms with Crippen LogP contribution in [0.25, 0.3) is 11.1 Å². The van der Waals surface area contributed by atoms with Gasteiger partial charge >= 0.3 is 5.97 Å². The third-order valence-electron chi connectivity index (χ3n) is 4.25. The average Bonchev–Trinajstić information content (AvgIpc) is 2.68. The maximum atomic E-state index is 11.5. The summed E-state index contributed by atoms with van der Waals surface area (Å²) in [5, 5.41) is 28.1. The van der Waals surface area contributed by atoms with Crippen LogP contribution in [0.1, 0.15) is 32.6 Å². The molecule has 0 saturated carbocycles. The Kier molecular flexibility index (Phi) is 5.12. The minimum Gasteiger partial charge on any atom is -0.478 e. The number of carboxylic acid groups (broad SMARTS) is 1. The summed E-state index contributed by atoms with van der Waals surface area (Å²) >= 11 is 0. The zero-order valence-electron chi connectivity index (χ0n) is 14.0. The Balaban J connectivity index is 2.07. The molecule has 0 aliphatic carbocycles. The first-order valence-electron chi connectivity index (χ1n) is 8.16. The molecule has 0 unspecified atom stereocenters. The summed E-state index contributed by atoms with van der Waals surface area (Å²) in [7, 11) is 0. The smallest absolute Gasteiger partial charge is 0.335 e. The Bertz CT molecular complexity index is 1000. The van der Waals surface area contributed by atoms with Crippen LogP contribution in [-0.4, -0.2) is 16.2 Å². The SMILES string of the molecule is N#Cc1cccc(-c2cc(Cc3ccccc3CO)cc(C(=O)O)c2)c1. The summed E-state index contributed by atoms with van der Waals surface area (Å²) in [4.78, 5) is 11.5. The van der Waals surface area contributed by atoms with Gasteiger partial charge in [0.15, 0.2) is 0 Å². The first-order chi connectivity index (χ1) is 12.6. The molecule has 0 radical (unpaired) electrons. The van der Waals surface area contributed by atoms with Crippen LogP contribution in [0.2, 0.25) is 0 Å². The van der Waals surface area contributed by atoms with Crippen LogP contribution in [0.15, 0.2) is 66.7 Å². The molecule has 2 N–H and O–H groups in total. The van der Waals surface area contributed by atoms with Crippen LogP contribution >= 0.6 is 0 Å². The van der Waals surface area contributed by atoms with E-state index >= 15 is 0 Å². The molecule has 0 atom stereocenters. The van der Waals surface area contributed by atoms with Gasteiger partial charge in [-0.15, -0.1) is 0 Å². The van der Waals surface area contributed by atoms with Crippen LogP contribution in [0.4, 0.5) is 0 Å². The number of nitrogens with zero attached hydrogens (tertiary/aromatic N) is 1. The van der Waals surface area contributed by atoms with E-state index in [2.05, 4.69) is 6.07 Å². The third kappa shape index (κ3) is 3.80. The number of hydrogen-bond donors (Lipinski definition) is 2. The molecule has 0 spiro atoms. The van der Waals surface area contributed by atoms with Gasteiger partial charge in [0, 0.05) is 0 Å². The fraction of sp³-hybridized carbons (Fsp3) is 0.0909. The standard InChI is InChI=1S/C22H17NO3/c23-13-15-4-3-7-18(8-15)20-10-16(11-21(12-20)22(25)26)9-17-5-1-2-6-19(17)14-24/h1-8,10-12,24H,9,14H2,(H,25,26). The topological polar surface area (TPSA) is 81.3 Å². The third-order valence-corrected chi connectivity index (χ3v) is 4.25. The highest BCUT2D eigenvalue weighted by Crippen LogP contribution is 2.25. The van der Waals surface area contributed by atoms with E-state index in [1.165, 1.54) is 0 Å². The summed E-state index contributed by atoms with van der Waals surface area (Å²) in [6.07, 6.45) is 0.517. The van der Waals surface area contributed by atoms with Crippen molar-refractivity contribution in [3.63, 3.8) is 0 Å². The van der Waals surface area contributed by atoms with Gasteiger partial charge < -0.3 is 10.2 Å². The second kappa shape index (κ2) is 7.64. The quantitative estimate of drug-likeness (QED) is 0.733. The zero-order valence-corrected chi connectivity index (χ0v) is 14.0. The molecular formula is C22H17NO3. The summed E-state index contributed by atoms with van der Waals surface area (Å²) in [5.41, 5.74) is 4.87. The number of rotatable bonds is 5. The number of benzene rings is 3. The fourth-order valence-electron chi connectivity index (χ4n) is 2.96. The predicted molar refractivity (Wildman–Crippen MR) is 98.7 cm³/mol. The van der Waals surface area contributed by atoms with Gasteiger partial charge in [-0.2, -0.15) is 5.26 Å². The molecule has 0 aliphatic rings. The van der Waals surface area contributed by atoms with Crippen LogP contribution in [-0.2, 0) is 13.0 Å². The van der Waals surface area contributed by atoms with Crippen LogP contribution in [0.5, 0.6) is 0 Å². The number of aliphatic hydroxyl groups excluding tert-OH is 1. The number of aromatic carboxylic acids is 1. The average molecular weight is 343 g/mol. The summed E-state index contributed by atoms with van der Waals surface area (Å²) < 4.78 is 0. The molecule has 0 fully saturated rings. The van der Waals surface area contributed by atoms with Crippen LogP contribution in [0, 0.1) is 11.3 Å². The second-order valence-electron chi connectivity index (χ2n) is 6.02. The van der Waals surface area contributed by atoms with Gasteiger partial charge in [-0.1, -0.05) is 42.5 Å². The zero-order chi connectivity index (χ0) is 18.5. The first-order valence-corrected chi connectivity index (χ1v) is 8.16. The maximum Gasteiger partial charge on any atom is 0.335 e. The molecule has 0 saturated heterocycles. The number of carbonyl (C=O) groups is 1. The van der Waals surface area contributed by atoms with Gasteiger partial charge in [0.1, 0.15) is 0 Å². The predicted octanol–water partition coefficient (Wildman–Crippen LogP) is 4.01. The minimum absolute atomic E-state index is 0.0636. The molecule has 3 aromatic rings. The highest BCUT2D eigenvalue weighted by molar-refractivity contribution is 5.90. The van der Waals surface area contributed by atoms with Crippen molar-refractivity contribution in [2.45, 2.75) is 13.0 Å². The van der Waals surface area contributed by atoms with E-state index in [1.807, 2.05) is 36.4 Å². The minimum atomic E-state index is -1.00. The molecule has 0 amide bonds. The molecule has 3 rings (SSSR count). The number of hydrogen-bond acceptors (Lipinski definition) is 3. The van der Waals surface area contributed by atoms with Crippen LogP contribution in [0.3, 0.4) is 0 Å².